The molecule has 17 heavy (non-hydrogen) atoms. The molecule has 0 amide bonds. The second-order valence-corrected chi connectivity index (χ2v) is 11.0. The van der Waals surface area contributed by atoms with E-state index < -0.39 is 23.3 Å². The van der Waals surface area contributed by atoms with Gasteiger partial charge in [-0.25, -0.2) is 0 Å². The van der Waals surface area contributed by atoms with E-state index in [-0.39, 0.29) is 0 Å². The van der Waals surface area contributed by atoms with Gasteiger partial charge in [-0.3, -0.25) is 0 Å². The Morgan fingerprint density at radius 3 is 2.35 bits per heavy atom. The first-order valence-electron chi connectivity index (χ1n) is 6.09. The third kappa shape index (κ3) is 2.43. The molecule has 0 aliphatic heterocycles. The standard InChI is InChI=1S/C15H13.ClH.Hg/c1-3-7-12(8-4-1)14-11-15(14)13-9-5-2-6-10-13;;/h1-9,14-15H,11H2;1H;/q;;+1/p-1. The average molecular weight is 429 g/mol. The Kier molecular flexibility index (Phi) is 3.53. The molecule has 1 aliphatic carbocycles. The minimum atomic E-state index is -1.28. The van der Waals surface area contributed by atoms with Crippen molar-refractivity contribution in [3.63, 3.8) is 0 Å². The Bertz CT molecular complexity index is 509. The van der Waals surface area contributed by atoms with Gasteiger partial charge in [0.15, 0.2) is 0 Å². The Morgan fingerprint density at radius 1 is 0.882 bits per heavy atom. The topological polar surface area (TPSA) is 0 Å². The molecular formula is C15H13ClHg. The summed E-state index contributed by atoms with van der Waals surface area (Å²) in [5.41, 5.74) is 3.02. The summed E-state index contributed by atoms with van der Waals surface area (Å²) in [4.78, 5) is 0. The molecule has 1 aliphatic rings. The van der Waals surface area contributed by atoms with Crippen molar-refractivity contribution in [2.24, 2.45) is 0 Å². The molecule has 2 aromatic rings. The molecule has 0 spiro atoms. The molecule has 0 N–H and O–H groups in total. The first kappa shape index (κ1) is 11.7. The fourth-order valence-corrected chi connectivity index (χ4v) is 7.71. The molecule has 2 aromatic carbocycles. The molecule has 0 bridgehead atoms. The van der Waals surface area contributed by atoms with Crippen LogP contribution in [0.4, 0.5) is 0 Å². The van der Waals surface area contributed by atoms with Crippen molar-refractivity contribution < 1.29 is 23.3 Å². The van der Waals surface area contributed by atoms with E-state index in [0.29, 0.717) is 0 Å². The van der Waals surface area contributed by atoms with Gasteiger partial charge in [-0.05, 0) is 0 Å². The first-order chi connectivity index (χ1) is 8.40. The van der Waals surface area contributed by atoms with E-state index in [2.05, 4.69) is 54.6 Å². The molecule has 0 radical (unpaired) electrons. The number of rotatable bonds is 3. The predicted octanol–water partition coefficient (Wildman–Crippen LogP) is 3.82. The van der Waals surface area contributed by atoms with Gasteiger partial charge in [0, 0.05) is 0 Å². The number of hydrogen-bond donors (Lipinski definition) is 0. The molecule has 0 saturated heterocycles. The Balaban J connectivity index is 1.85. The quantitative estimate of drug-likeness (QED) is 0.651. The van der Waals surface area contributed by atoms with Gasteiger partial charge >= 0.3 is 119 Å². The molecule has 1 fully saturated rings. The molecule has 1 saturated carbocycles. The van der Waals surface area contributed by atoms with Crippen molar-refractivity contribution >= 4 is 11.3 Å². The molecule has 3 rings (SSSR count). The van der Waals surface area contributed by atoms with Gasteiger partial charge in [0.05, 0.1) is 0 Å². The maximum absolute atomic E-state index is 6.22. The summed E-state index contributed by atoms with van der Waals surface area (Å²) >= 11 is -1.28. The zero-order chi connectivity index (χ0) is 11.7. The van der Waals surface area contributed by atoms with E-state index in [1.165, 1.54) is 20.6 Å². The van der Waals surface area contributed by atoms with E-state index in [0.717, 1.165) is 11.8 Å². The van der Waals surface area contributed by atoms with Crippen molar-refractivity contribution in [2.45, 2.75) is 18.3 Å². The fraction of sp³-hybridized carbons (Fsp3) is 0.200. The van der Waals surface area contributed by atoms with Crippen molar-refractivity contribution in [3.8, 4) is 0 Å². The van der Waals surface area contributed by atoms with Crippen LogP contribution < -0.4 is 3.07 Å². The van der Waals surface area contributed by atoms with Crippen LogP contribution in [-0.4, -0.2) is 0 Å². The summed E-state index contributed by atoms with van der Waals surface area (Å²) in [5, 5.41) is 0. The maximum atomic E-state index is 6.22. The van der Waals surface area contributed by atoms with Gasteiger partial charge in [-0.15, -0.1) is 0 Å². The van der Waals surface area contributed by atoms with Crippen LogP contribution in [-0.2, 0) is 23.3 Å². The zero-order valence-corrected chi connectivity index (χ0v) is 15.9. The van der Waals surface area contributed by atoms with E-state index in [1.54, 1.807) is 0 Å². The molecular weight excluding hydrogens is 416 g/mol. The van der Waals surface area contributed by atoms with Crippen LogP contribution in [0.15, 0.2) is 54.6 Å². The fourth-order valence-electron chi connectivity index (χ4n) is 2.62. The first-order valence-corrected chi connectivity index (χ1v) is 15.6. The van der Waals surface area contributed by atoms with Gasteiger partial charge in [0.1, 0.15) is 0 Å². The molecule has 2 unspecified atom stereocenters. The number of halogens is 1. The summed E-state index contributed by atoms with van der Waals surface area (Å²) in [6.45, 7) is 0. The van der Waals surface area contributed by atoms with Crippen molar-refractivity contribution in [2.75, 3.05) is 0 Å². The molecule has 0 nitrogen and oxygen atoms in total. The van der Waals surface area contributed by atoms with Crippen LogP contribution in [0.3, 0.4) is 0 Å². The molecule has 0 heterocycles. The SMILES string of the molecule is [Cl][Hg][c]1ccccc1C1CC1c1ccccc1. The van der Waals surface area contributed by atoms with Gasteiger partial charge in [0.2, 0.25) is 0 Å². The van der Waals surface area contributed by atoms with E-state index >= 15 is 0 Å². The zero-order valence-electron chi connectivity index (χ0n) is 9.64. The monoisotopic (exact) mass is 430 g/mol. The van der Waals surface area contributed by atoms with Crippen LogP contribution in [0.25, 0.3) is 0 Å². The van der Waals surface area contributed by atoms with Crippen molar-refractivity contribution in [3.05, 3.63) is 65.7 Å². The van der Waals surface area contributed by atoms with Crippen LogP contribution in [0.1, 0.15) is 29.4 Å². The van der Waals surface area contributed by atoms with Crippen LogP contribution in [0.2, 0.25) is 0 Å². The Labute approximate surface area is 118 Å². The normalized spacial score (nSPS) is 21.9. The second kappa shape index (κ2) is 5.11. The summed E-state index contributed by atoms with van der Waals surface area (Å²) in [6, 6.07) is 19.7. The molecule has 2 heteroatoms. The summed E-state index contributed by atoms with van der Waals surface area (Å²) in [5.74, 6) is 1.46. The third-order valence-electron chi connectivity index (χ3n) is 3.62. The van der Waals surface area contributed by atoms with Gasteiger partial charge in [0.25, 0.3) is 0 Å². The van der Waals surface area contributed by atoms with Crippen LogP contribution in [0, 0.1) is 0 Å². The average Bonchev–Trinajstić information content (AvgIpc) is 3.20. The van der Waals surface area contributed by atoms with E-state index in [1.807, 2.05) is 0 Å². The predicted molar refractivity (Wildman–Crippen MR) is 68.5 cm³/mol. The molecule has 0 aromatic heterocycles. The van der Waals surface area contributed by atoms with Crippen molar-refractivity contribution in [1.82, 2.24) is 0 Å². The van der Waals surface area contributed by atoms with Crippen molar-refractivity contribution in [1.29, 1.82) is 0 Å². The van der Waals surface area contributed by atoms with E-state index in [4.69, 9.17) is 8.25 Å². The molecule has 82 valence electrons. The van der Waals surface area contributed by atoms with Crippen LogP contribution >= 0.6 is 8.25 Å². The minimum absolute atomic E-state index is 0.729. The second-order valence-electron chi connectivity index (χ2n) is 4.69. The third-order valence-corrected chi connectivity index (χ3v) is 9.77. The Hall–Kier alpha value is -0.335. The summed E-state index contributed by atoms with van der Waals surface area (Å²) in [7, 11) is 6.22. The summed E-state index contributed by atoms with van der Waals surface area (Å²) < 4.78 is 1.51. The summed E-state index contributed by atoms with van der Waals surface area (Å²) in [6.07, 6.45) is 1.30. The van der Waals surface area contributed by atoms with Gasteiger partial charge in [-0.1, -0.05) is 0 Å². The van der Waals surface area contributed by atoms with Gasteiger partial charge in [-0.2, -0.15) is 0 Å². The number of hydrogen-bond acceptors (Lipinski definition) is 0. The number of benzene rings is 2. The van der Waals surface area contributed by atoms with Crippen LogP contribution in [0.5, 0.6) is 0 Å². The Morgan fingerprint density at radius 2 is 1.59 bits per heavy atom. The van der Waals surface area contributed by atoms with Gasteiger partial charge < -0.3 is 0 Å². The molecule has 2 atom stereocenters. The van der Waals surface area contributed by atoms with E-state index in [9.17, 15) is 0 Å².